The predicted molar refractivity (Wildman–Crippen MR) is 57.9 cm³/mol. The molecule has 0 aromatic carbocycles. The molecule has 0 amide bonds. The van der Waals surface area contributed by atoms with Crippen molar-refractivity contribution >= 4 is 0 Å². The Bertz CT molecular complexity index is 115. The molecule has 0 spiro atoms. The van der Waals surface area contributed by atoms with Gasteiger partial charge in [-0.1, -0.05) is 13.8 Å². The van der Waals surface area contributed by atoms with Crippen molar-refractivity contribution in [3.63, 3.8) is 0 Å². The van der Waals surface area contributed by atoms with Crippen molar-refractivity contribution < 1.29 is 0 Å². The van der Waals surface area contributed by atoms with E-state index in [-0.39, 0.29) is 0 Å². The van der Waals surface area contributed by atoms with Crippen molar-refractivity contribution in [1.29, 1.82) is 0 Å². The van der Waals surface area contributed by atoms with Crippen molar-refractivity contribution in [2.24, 2.45) is 11.8 Å². The van der Waals surface area contributed by atoms with E-state index in [0.717, 1.165) is 11.8 Å². The van der Waals surface area contributed by atoms with Crippen LogP contribution in [-0.4, -0.2) is 26.2 Å². The first kappa shape index (κ1) is 11.0. The van der Waals surface area contributed by atoms with Gasteiger partial charge >= 0.3 is 0 Å². The topological polar surface area (TPSA) is 24.1 Å². The Morgan fingerprint density at radius 2 is 1.54 bits per heavy atom. The van der Waals surface area contributed by atoms with E-state index in [1.54, 1.807) is 0 Å². The van der Waals surface area contributed by atoms with Crippen LogP contribution in [0.2, 0.25) is 0 Å². The smallest absolute Gasteiger partial charge is 0.000815 e. The van der Waals surface area contributed by atoms with E-state index >= 15 is 0 Å². The predicted octanol–water partition coefficient (Wildman–Crippen LogP) is 1.62. The molecule has 0 aromatic heterocycles. The first-order chi connectivity index (χ1) is 6.45. The summed E-state index contributed by atoms with van der Waals surface area (Å²) < 4.78 is 0. The molecule has 2 aliphatic rings. The molecule has 2 rings (SSSR count). The monoisotopic (exact) mass is 184 g/mol. The summed E-state index contributed by atoms with van der Waals surface area (Å²) in [6, 6.07) is 0. The minimum absolute atomic E-state index is 1.01. The molecule has 0 radical (unpaired) electrons. The van der Waals surface area contributed by atoms with Crippen molar-refractivity contribution in [3.8, 4) is 0 Å². The molecular formula is C11H24N2. The Hall–Kier alpha value is -0.0800. The van der Waals surface area contributed by atoms with Gasteiger partial charge in [0.2, 0.25) is 0 Å². The van der Waals surface area contributed by atoms with Crippen molar-refractivity contribution in [2.75, 3.05) is 26.2 Å². The lowest BCUT2D eigenvalue weighted by molar-refractivity contribution is 0.241. The second-order valence-electron chi connectivity index (χ2n) is 3.95. The summed E-state index contributed by atoms with van der Waals surface area (Å²) in [6.45, 7) is 9.07. The highest BCUT2D eigenvalue weighted by atomic mass is 14.9. The Kier molecular flexibility index (Phi) is 5.40. The second-order valence-corrected chi connectivity index (χ2v) is 3.95. The van der Waals surface area contributed by atoms with Crippen molar-refractivity contribution in [2.45, 2.75) is 33.1 Å². The zero-order chi connectivity index (χ0) is 9.52. The third-order valence-electron chi connectivity index (χ3n) is 2.99. The van der Waals surface area contributed by atoms with E-state index in [2.05, 4.69) is 10.6 Å². The van der Waals surface area contributed by atoms with Gasteiger partial charge in [0.1, 0.15) is 0 Å². The summed E-state index contributed by atoms with van der Waals surface area (Å²) in [4.78, 5) is 0. The Balaban J connectivity index is 0.000000396. The van der Waals surface area contributed by atoms with Gasteiger partial charge in [0.05, 0.1) is 0 Å². The van der Waals surface area contributed by atoms with E-state index in [9.17, 15) is 0 Å². The van der Waals surface area contributed by atoms with Gasteiger partial charge in [0.15, 0.2) is 0 Å². The summed E-state index contributed by atoms with van der Waals surface area (Å²) in [5.74, 6) is 2.04. The molecule has 13 heavy (non-hydrogen) atoms. The number of hydrogen-bond acceptors (Lipinski definition) is 2. The fourth-order valence-electron chi connectivity index (χ4n) is 2.10. The molecule has 2 aliphatic heterocycles. The molecule has 2 N–H and O–H groups in total. The van der Waals surface area contributed by atoms with Crippen LogP contribution in [0.5, 0.6) is 0 Å². The summed E-state index contributed by atoms with van der Waals surface area (Å²) in [5.41, 5.74) is 0. The molecular weight excluding hydrogens is 160 g/mol. The van der Waals surface area contributed by atoms with Gasteiger partial charge in [-0.2, -0.15) is 0 Å². The van der Waals surface area contributed by atoms with Crippen molar-refractivity contribution in [3.05, 3.63) is 0 Å². The lowest BCUT2D eigenvalue weighted by Gasteiger charge is -2.32. The van der Waals surface area contributed by atoms with Gasteiger partial charge < -0.3 is 10.6 Å². The van der Waals surface area contributed by atoms with Crippen LogP contribution in [-0.2, 0) is 0 Å². The number of nitrogens with one attached hydrogen (secondary N) is 2. The highest BCUT2D eigenvalue weighted by Crippen LogP contribution is 2.22. The van der Waals surface area contributed by atoms with Crippen LogP contribution in [0.15, 0.2) is 0 Å². The van der Waals surface area contributed by atoms with Crippen LogP contribution in [0.25, 0.3) is 0 Å². The minimum atomic E-state index is 1.01. The molecule has 2 heterocycles. The van der Waals surface area contributed by atoms with E-state index in [4.69, 9.17) is 0 Å². The van der Waals surface area contributed by atoms with Gasteiger partial charge in [-0.25, -0.2) is 0 Å². The molecule has 78 valence electrons. The lowest BCUT2D eigenvalue weighted by atomic mass is 9.85. The maximum Gasteiger partial charge on any atom is -0.000815 e. The number of rotatable bonds is 2. The third kappa shape index (κ3) is 3.65. The Labute approximate surface area is 82.5 Å². The van der Waals surface area contributed by atoms with Crippen LogP contribution in [0.3, 0.4) is 0 Å². The first-order valence-corrected chi connectivity index (χ1v) is 5.86. The third-order valence-corrected chi connectivity index (χ3v) is 2.99. The van der Waals surface area contributed by atoms with Crippen LogP contribution in [0, 0.1) is 11.8 Å². The van der Waals surface area contributed by atoms with Crippen LogP contribution in [0.4, 0.5) is 0 Å². The average molecular weight is 184 g/mol. The van der Waals surface area contributed by atoms with E-state index < -0.39 is 0 Å². The Morgan fingerprint density at radius 3 is 2.00 bits per heavy atom. The van der Waals surface area contributed by atoms with E-state index in [1.807, 2.05) is 13.8 Å². The molecule has 0 aromatic rings. The number of piperidine rings is 1. The van der Waals surface area contributed by atoms with E-state index in [0.29, 0.717) is 0 Å². The standard InChI is InChI=1S/C9H18N2.C2H6/c1-3-10-4-2-8(1)5-9-6-11-7-9;1-2/h8-11H,1-7H2;1-2H3. The maximum absolute atomic E-state index is 3.41. The zero-order valence-electron chi connectivity index (χ0n) is 9.10. The van der Waals surface area contributed by atoms with Gasteiger partial charge in [-0.15, -0.1) is 0 Å². The van der Waals surface area contributed by atoms with Gasteiger partial charge in [0, 0.05) is 0 Å². The normalized spacial score (nSPS) is 24.5. The van der Waals surface area contributed by atoms with Gasteiger partial charge in [0.25, 0.3) is 0 Å². The summed E-state index contributed by atoms with van der Waals surface area (Å²) >= 11 is 0. The lowest BCUT2D eigenvalue weighted by Crippen LogP contribution is -2.43. The van der Waals surface area contributed by atoms with Crippen LogP contribution < -0.4 is 10.6 Å². The molecule has 0 saturated carbocycles. The Morgan fingerprint density at radius 1 is 0.923 bits per heavy atom. The van der Waals surface area contributed by atoms with Gasteiger partial charge in [-0.3, -0.25) is 0 Å². The van der Waals surface area contributed by atoms with Gasteiger partial charge in [-0.05, 0) is 57.3 Å². The van der Waals surface area contributed by atoms with Crippen LogP contribution >= 0.6 is 0 Å². The average Bonchev–Trinajstić information content (AvgIpc) is 2.17. The molecule has 2 saturated heterocycles. The van der Waals surface area contributed by atoms with Crippen LogP contribution in [0.1, 0.15) is 33.1 Å². The molecule has 2 fully saturated rings. The fourth-order valence-corrected chi connectivity index (χ4v) is 2.10. The quantitative estimate of drug-likeness (QED) is 0.681. The molecule has 0 bridgehead atoms. The maximum atomic E-state index is 3.41. The summed E-state index contributed by atoms with van der Waals surface area (Å²) in [6.07, 6.45) is 4.31. The second kappa shape index (κ2) is 6.39. The minimum Gasteiger partial charge on any atom is -0.317 e. The molecule has 0 unspecified atom stereocenters. The molecule has 0 aliphatic carbocycles. The first-order valence-electron chi connectivity index (χ1n) is 5.86. The highest BCUT2D eigenvalue weighted by molar-refractivity contribution is 4.79. The number of hydrogen-bond donors (Lipinski definition) is 2. The fraction of sp³-hybridized carbons (Fsp3) is 1.00. The summed E-state index contributed by atoms with van der Waals surface area (Å²) in [5, 5.41) is 6.74. The van der Waals surface area contributed by atoms with E-state index in [1.165, 1.54) is 45.4 Å². The zero-order valence-corrected chi connectivity index (χ0v) is 9.10. The summed E-state index contributed by atoms with van der Waals surface area (Å²) in [7, 11) is 0. The molecule has 0 atom stereocenters. The molecule has 2 heteroatoms. The largest absolute Gasteiger partial charge is 0.317 e. The van der Waals surface area contributed by atoms with Crippen molar-refractivity contribution in [1.82, 2.24) is 10.6 Å². The SMILES string of the molecule is C1CC(CC2CNC2)CCN1.CC. The molecule has 2 nitrogen and oxygen atoms in total. The highest BCUT2D eigenvalue weighted by Gasteiger charge is 2.22.